The summed E-state index contributed by atoms with van der Waals surface area (Å²) in [5.41, 5.74) is 1.03. The largest absolute Gasteiger partial charge is 0.493 e. The Labute approximate surface area is 202 Å². The van der Waals surface area contributed by atoms with Crippen molar-refractivity contribution in [1.82, 2.24) is 25.4 Å². The van der Waals surface area contributed by atoms with Crippen molar-refractivity contribution in [2.24, 2.45) is 4.99 Å². The molecule has 0 amide bonds. The van der Waals surface area contributed by atoms with E-state index in [-0.39, 0.29) is 29.4 Å². The molecule has 0 aliphatic carbocycles. The second-order valence-corrected chi connectivity index (χ2v) is 8.26. The van der Waals surface area contributed by atoms with Gasteiger partial charge in [-0.1, -0.05) is 19.9 Å². The Bertz CT molecular complexity index is 833. The monoisotopic (exact) mass is 542 g/mol. The molecule has 1 aromatic carbocycles. The van der Waals surface area contributed by atoms with Gasteiger partial charge in [-0.15, -0.1) is 24.0 Å². The Balaban J connectivity index is 0.00000341. The lowest BCUT2D eigenvalue weighted by Crippen LogP contribution is -2.46. The van der Waals surface area contributed by atoms with Crippen molar-refractivity contribution in [2.45, 2.75) is 44.9 Å². The number of halogens is 1. The van der Waals surface area contributed by atoms with Gasteiger partial charge in [-0.3, -0.25) is 10.1 Å². The number of hydrogen-bond acceptors (Lipinski definition) is 5. The Morgan fingerprint density at radius 2 is 1.94 bits per heavy atom. The van der Waals surface area contributed by atoms with E-state index in [1.807, 2.05) is 12.1 Å². The predicted molar refractivity (Wildman–Crippen MR) is 134 cm³/mol. The van der Waals surface area contributed by atoms with Crippen molar-refractivity contribution in [3.05, 3.63) is 35.9 Å². The molecule has 0 unspecified atom stereocenters. The maximum Gasteiger partial charge on any atom is 0.193 e. The van der Waals surface area contributed by atoms with Crippen molar-refractivity contribution < 1.29 is 9.47 Å². The maximum atomic E-state index is 5.48. The first kappa shape index (κ1) is 25.2. The molecule has 1 aliphatic heterocycles. The average molecular weight is 542 g/mol. The van der Waals surface area contributed by atoms with Gasteiger partial charge >= 0.3 is 0 Å². The highest BCUT2D eigenvalue weighted by molar-refractivity contribution is 14.0. The zero-order valence-electron chi connectivity index (χ0n) is 19.1. The lowest BCUT2D eigenvalue weighted by molar-refractivity contribution is 0.298. The van der Waals surface area contributed by atoms with Crippen LogP contribution in [0, 0.1) is 0 Å². The minimum atomic E-state index is -0.140. The number of rotatable bonds is 7. The molecule has 8 nitrogen and oxygen atoms in total. The van der Waals surface area contributed by atoms with Crippen molar-refractivity contribution in [1.29, 1.82) is 0 Å². The molecule has 1 fully saturated rings. The third-order valence-corrected chi connectivity index (χ3v) is 5.74. The van der Waals surface area contributed by atoms with E-state index < -0.39 is 0 Å². The van der Waals surface area contributed by atoms with Crippen LogP contribution in [0.25, 0.3) is 0 Å². The smallest absolute Gasteiger partial charge is 0.193 e. The number of aromatic nitrogens is 3. The molecule has 2 heterocycles. The molecule has 2 aromatic rings. The standard InChI is InChI=1S/C22H34N6O2.HI/c1-6-23-21(28-11-9-16(10-12-28)20-25-15-26-27-20)24-14-22(2,3)17-7-8-18(29-4)19(13-17)30-5;/h7-8,13,15-16H,6,9-12,14H2,1-5H3,(H,23,24)(H,25,26,27);1H. The van der Waals surface area contributed by atoms with Crippen molar-refractivity contribution in [3.8, 4) is 11.5 Å². The summed E-state index contributed by atoms with van der Waals surface area (Å²) >= 11 is 0. The molecule has 0 bridgehead atoms. The Hall–Kier alpha value is -2.04. The van der Waals surface area contributed by atoms with Gasteiger partial charge < -0.3 is 19.7 Å². The summed E-state index contributed by atoms with van der Waals surface area (Å²) in [4.78, 5) is 11.7. The van der Waals surface area contributed by atoms with Crippen LogP contribution < -0.4 is 14.8 Å². The molecule has 3 rings (SSSR count). The molecule has 172 valence electrons. The molecule has 1 saturated heterocycles. The summed E-state index contributed by atoms with van der Waals surface area (Å²) in [7, 11) is 3.32. The summed E-state index contributed by atoms with van der Waals surface area (Å²) in [5, 5.41) is 10.5. The van der Waals surface area contributed by atoms with Crippen LogP contribution in [0.5, 0.6) is 11.5 Å². The van der Waals surface area contributed by atoms with Gasteiger partial charge in [-0.25, -0.2) is 4.98 Å². The fourth-order valence-electron chi connectivity index (χ4n) is 3.82. The van der Waals surface area contributed by atoms with Crippen molar-refractivity contribution >= 4 is 29.9 Å². The van der Waals surface area contributed by atoms with Gasteiger partial charge in [-0.2, -0.15) is 5.10 Å². The second-order valence-electron chi connectivity index (χ2n) is 8.26. The van der Waals surface area contributed by atoms with E-state index in [0.29, 0.717) is 12.5 Å². The van der Waals surface area contributed by atoms with Gasteiger partial charge in [0.2, 0.25) is 0 Å². The minimum absolute atomic E-state index is 0. The number of guanidine groups is 1. The summed E-state index contributed by atoms with van der Waals surface area (Å²) in [6.45, 7) is 9.94. The van der Waals surface area contributed by atoms with E-state index in [4.69, 9.17) is 14.5 Å². The van der Waals surface area contributed by atoms with Crippen LogP contribution in [-0.2, 0) is 5.41 Å². The van der Waals surface area contributed by atoms with Crippen LogP contribution in [-0.4, -0.2) is 66.4 Å². The normalized spacial score (nSPS) is 15.4. The van der Waals surface area contributed by atoms with Gasteiger partial charge in [0.05, 0.1) is 20.8 Å². The third kappa shape index (κ3) is 6.24. The van der Waals surface area contributed by atoms with Gasteiger partial charge in [-0.05, 0) is 37.5 Å². The van der Waals surface area contributed by atoms with E-state index in [1.165, 1.54) is 5.56 Å². The fourth-order valence-corrected chi connectivity index (χ4v) is 3.82. The number of methoxy groups -OCH3 is 2. The first-order valence-electron chi connectivity index (χ1n) is 10.6. The summed E-state index contributed by atoms with van der Waals surface area (Å²) in [5.74, 6) is 3.89. The third-order valence-electron chi connectivity index (χ3n) is 5.74. The molecule has 2 N–H and O–H groups in total. The molecule has 1 aliphatic rings. The number of hydrogen-bond donors (Lipinski definition) is 2. The Morgan fingerprint density at radius 3 is 2.52 bits per heavy atom. The number of nitrogens with one attached hydrogen (secondary N) is 2. The number of ether oxygens (including phenoxy) is 2. The van der Waals surface area contributed by atoms with E-state index in [9.17, 15) is 0 Å². The molecular weight excluding hydrogens is 507 g/mol. The highest BCUT2D eigenvalue weighted by atomic mass is 127. The summed E-state index contributed by atoms with van der Waals surface area (Å²) in [6, 6.07) is 6.09. The van der Waals surface area contributed by atoms with Gasteiger partial charge in [0.1, 0.15) is 12.2 Å². The van der Waals surface area contributed by atoms with Crippen LogP contribution in [0.15, 0.2) is 29.5 Å². The lowest BCUT2D eigenvalue weighted by atomic mass is 9.84. The topological polar surface area (TPSA) is 87.7 Å². The highest BCUT2D eigenvalue weighted by Gasteiger charge is 2.26. The fraction of sp³-hybridized carbons (Fsp3) is 0.591. The molecule has 0 atom stereocenters. The van der Waals surface area contributed by atoms with Gasteiger partial charge in [0.25, 0.3) is 0 Å². The molecule has 9 heteroatoms. The molecule has 0 radical (unpaired) electrons. The first-order valence-corrected chi connectivity index (χ1v) is 10.6. The second kappa shape index (κ2) is 11.5. The number of nitrogens with zero attached hydrogens (tertiary/aromatic N) is 4. The zero-order valence-corrected chi connectivity index (χ0v) is 21.5. The van der Waals surface area contributed by atoms with Crippen LogP contribution in [0.3, 0.4) is 0 Å². The SMILES string of the molecule is CCNC(=NCC(C)(C)c1ccc(OC)c(OC)c1)N1CCC(c2ncn[nH]2)CC1.I. The Kier molecular flexibility index (Phi) is 9.39. The van der Waals surface area contributed by atoms with E-state index >= 15 is 0 Å². The molecule has 31 heavy (non-hydrogen) atoms. The number of piperidine rings is 1. The maximum absolute atomic E-state index is 5.48. The van der Waals surface area contributed by atoms with Crippen molar-refractivity contribution in [3.63, 3.8) is 0 Å². The molecule has 1 aromatic heterocycles. The van der Waals surface area contributed by atoms with Gasteiger partial charge in [0.15, 0.2) is 17.5 Å². The van der Waals surface area contributed by atoms with Crippen LogP contribution in [0.1, 0.15) is 50.9 Å². The lowest BCUT2D eigenvalue weighted by Gasteiger charge is -2.34. The number of aromatic amines is 1. The van der Waals surface area contributed by atoms with E-state index in [2.05, 4.69) is 52.2 Å². The molecular formula is C22H35IN6O2. The van der Waals surface area contributed by atoms with Crippen LogP contribution in [0.2, 0.25) is 0 Å². The number of H-pyrrole nitrogens is 1. The quantitative estimate of drug-likeness (QED) is 0.316. The van der Waals surface area contributed by atoms with E-state index in [0.717, 1.165) is 55.8 Å². The van der Waals surface area contributed by atoms with E-state index in [1.54, 1.807) is 20.5 Å². The molecule has 0 spiro atoms. The van der Waals surface area contributed by atoms with Crippen molar-refractivity contribution in [2.75, 3.05) is 40.4 Å². The number of benzene rings is 1. The highest BCUT2D eigenvalue weighted by Crippen LogP contribution is 2.33. The van der Waals surface area contributed by atoms with Crippen LogP contribution in [0.4, 0.5) is 0 Å². The number of likely N-dealkylation sites (tertiary alicyclic amines) is 1. The summed E-state index contributed by atoms with van der Waals surface area (Å²) in [6.07, 6.45) is 3.67. The minimum Gasteiger partial charge on any atom is -0.493 e. The first-order chi connectivity index (χ1) is 14.5. The zero-order chi connectivity index (χ0) is 21.6. The average Bonchev–Trinajstić information content (AvgIpc) is 3.31. The van der Waals surface area contributed by atoms with Crippen LogP contribution >= 0.6 is 24.0 Å². The Morgan fingerprint density at radius 1 is 1.23 bits per heavy atom. The predicted octanol–water partition coefficient (Wildman–Crippen LogP) is 3.56. The molecule has 0 saturated carbocycles. The van der Waals surface area contributed by atoms with Gasteiger partial charge in [0, 0.05) is 31.0 Å². The summed E-state index contributed by atoms with van der Waals surface area (Å²) < 4.78 is 10.8. The number of aliphatic imine (C=N–C) groups is 1.